The van der Waals surface area contributed by atoms with Crippen molar-refractivity contribution in [3.8, 4) is 0 Å². The fourth-order valence-electron chi connectivity index (χ4n) is 3.34. The second-order valence-electron chi connectivity index (χ2n) is 6.89. The third-order valence-corrected chi connectivity index (χ3v) is 4.85. The van der Waals surface area contributed by atoms with E-state index in [1.165, 1.54) is 4.90 Å². The smallest absolute Gasteiger partial charge is 0.324 e. The molecule has 0 saturated carbocycles. The molecule has 27 heavy (non-hydrogen) atoms. The summed E-state index contributed by atoms with van der Waals surface area (Å²) in [5, 5.41) is 2.55. The molecule has 8 nitrogen and oxygen atoms in total. The number of carbonyl (C=O) groups excluding carboxylic acids is 4. The van der Waals surface area contributed by atoms with Crippen molar-refractivity contribution in [2.75, 3.05) is 31.1 Å². The van der Waals surface area contributed by atoms with Gasteiger partial charge in [-0.05, 0) is 25.5 Å². The van der Waals surface area contributed by atoms with Gasteiger partial charge in [0.25, 0.3) is 5.91 Å². The second kappa shape index (κ2) is 7.77. The van der Waals surface area contributed by atoms with Gasteiger partial charge in [-0.15, -0.1) is 0 Å². The highest BCUT2D eigenvalue weighted by molar-refractivity contribution is 6.06. The number of amides is 5. The first-order valence-corrected chi connectivity index (χ1v) is 9.17. The van der Waals surface area contributed by atoms with Crippen LogP contribution in [0.25, 0.3) is 0 Å². The Bertz CT molecular complexity index is 761. The average molecular weight is 372 g/mol. The normalized spacial score (nSPS) is 20.3. The molecule has 2 aliphatic rings. The summed E-state index contributed by atoms with van der Waals surface area (Å²) < 4.78 is 0. The number of urea groups is 1. The van der Waals surface area contributed by atoms with E-state index in [2.05, 4.69) is 5.32 Å². The monoisotopic (exact) mass is 372 g/mol. The molecule has 1 aromatic rings. The van der Waals surface area contributed by atoms with Crippen molar-refractivity contribution in [1.29, 1.82) is 0 Å². The number of benzene rings is 1. The number of hydrogen-bond acceptors (Lipinski definition) is 4. The molecule has 0 aromatic heterocycles. The number of carbonyl (C=O) groups is 4. The van der Waals surface area contributed by atoms with Crippen LogP contribution >= 0.6 is 0 Å². The van der Waals surface area contributed by atoms with Crippen LogP contribution in [0.15, 0.2) is 24.3 Å². The maximum Gasteiger partial charge on any atom is 0.324 e. The molecule has 0 bridgehead atoms. The van der Waals surface area contributed by atoms with Crippen LogP contribution in [0, 0.1) is 6.92 Å². The first-order valence-electron chi connectivity index (χ1n) is 9.17. The van der Waals surface area contributed by atoms with Crippen molar-refractivity contribution < 1.29 is 19.2 Å². The van der Waals surface area contributed by atoms with Crippen molar-refractivity contribution in [1.82, 2.24) is 15.1 Å². The van der Waals surface area contributed by atoms with Gasteiger partial charge in [0.15, 0.2) is 0 Å². The standard InChI is InChI=1S/C19H24N4O4/c1-3-8-23-18(26)15(20-19(23)27)11-16(24)21-9-10-22(17(25)12-21)14-6-4-13(2)5-7-14/h4-7,15H,3,8-12H2,1-2H3,(H,20,27). The predicted octanol–water partition coefficient (Wildman–Crippen LogP) is 0.891. The zero-order valence-corrected chi connectivity index (χ0v) is 15.6. The average Bonchev–Trinajstić information content (AvgIpc) is 2.90. The predicted molar refractivity (Wildman–Crippen MR) is 99.1 cm³/mol. The van der Waals surface area contributed by atoms with E-state index in [0.717, 1.165) is 16.2 Å². The summed E-state index contributed by atoms with van der Waals surface area (Å²) >= 11 is 0. The molecule has 5 amide bonds. The van der Waals surface area contributed by atoms with Gasteiger partial charge >= 0.3 is 6.03 Å². The van der Waals surface area contributed by atoms with Gasteiger partial charge in [0.1, 0.15) is 12.6 Å². The quantitative estimate of drug-likeness (QED) is 0.778. The number of aryl methyl sites for hydroxylation is 1. The van der Waals surface area contributed by atoms with Gasteiger partial charge in [-0.3, -0.25) is 19.3 Å². The van der Waals surface area contributed by atoms with Crippen molar-refractivity contribution in [2.24, 2.45) is 0 Å². The number of piperazine rings is 1. The van der Waals surface area contributed by atoms with Crippen LogP contribution in [0.5, 0.6) is 0 Å². The Morgan fingerprint density at radius 3 is 2.48 bits per heavy atom. The Kier molecular flexibility index (Phi) is 5.43. The van der Waals surface area contributed by atoms with Crippen LogP contribution in [0.4, 0.5) is 10.5 Å². The van der Waals surface area contributed by atoms with E-state index >= 15 is 0 Å². The summed E-state index contributed by atoms with van der Waals surface area (Å²) in [7, 11) is 0. The maximum absolute atomic E-state index is 12.5. The fraction of sp³-hybridized carbons (Fsp3) is 0.474. The molecule has 1 N–H and O–H groups in total. The van der Waals surface area contributed by atoms with Crippen molar-refractivity contribution >= 4 is 29.4 Å². The molecule has 0 aliphatic carbocycles. The molecule has 1 aromatic carbocycles. The van der Waals surface area contributed by atoms with Gasteiger partial charge in [-0.1, -0.05) is 24.6 Å². The highest BCUT2D eigenvalue weighted by Crippen LogP contribution is 2.19. The van der Waals surface area contributed by atoms with Gasteiger partial charge in [0.2, 0.25) is 11.8 Å². The molecule has 2 fully saturated rings. The van der Waals surface area contributed by atoms with Gasteiger partial charge in [-0.25, -0.2) is 4.79 Å². The van der Waals surface area contributed by atoms with Crippen molar-refractivity contribution in [3.63, 3.8) is 0 Å². The zero-order chi connectivity index (χ0) is 19.6. The van der Waals surface area contributed by atoms with E-state index in [-0.39, 0.29) is 30.7 Å². The van der Waals surface area contributed by atoms with E-state index in [1.807, 2.05) is 38.1 Å². The number of nitrogens with zero attached hydrogens (tertiary/aromatic N) is 3. The Balaban J connectivity index is 1.58. The van der Waals surface area contributed by atoms with Crippen LogP contribution in [0.1, 0.15) is 25.3 Å². The molecule has 3 rings (SSSR count). The second-order valence-corrected chi connectivity index (χ2v) is 6.89. The molecule has 2 aliphatic heterocycles. The number of hydrogen-bond donors (Lipinski definition) is 1. The molecule has 1 unspecified atom stereocenters. The molecule has 2 saturated heterocycles. The van der Waals surface area contributed by atoms with Gasteiger partial charge < -0.3 is 15.1 Å². The maximum atomic E-state index is 12.5. The lowest BCUT2D eigenvalue weighted by molar-refractivity contribution is -0.139. The third-order valence-electron chi connectivity index (χ3n) is 4.85. The lowest BCUT2D eigenvalue weighted by atomic mass is 10.1. The van der Waals surface area contributed by atoms with Crippen molar-refractivity contribution in [2.45, 2.75) is 32.7 Å². The molecule has 144 valence electrons. The largest absolute Gasteiger partial charge is 0.331 e. The summed E-state index contributed by atoms with van der Waals surface area (Å²) in [5.74, 6) is -0.837. The molecular weight excluding hydrogens is 348 g/mol. The minimum Gasteiger partial charge on any atom is -0.331 e. The topological polar surface area (TPSA) is 90.0 Å². The minimum atomic E-state index is -0.846. The van der Waals surface area contributed by atoms with Crippen LogP contribution in [0.3, 0.4) is 0 Å². The van der Waals surface area contributed by atoms with Gasteiger partial charge in [0, 0.05) is 25.3 Å². The summed E-state index contributed by atoms with van der Waals surface area (Å²) in [6.07, 6.45) is 0.540. The van der Waals surface area contributed by atoms with Crippen LogP contribution < -0.4 is 10.2 Å². The van der Waals surface area contributed by atoms with Gasteiger partial charge in [0.05, 0.1) is 6.42 Å². The molecule has 0 radical (unpaired) electrons. The van der Waals surface area contributed by atoms with E-state index in [0.29, 0.717) is 26.1 Å². The summed E-state index contributed by atoms with van der Waals surface area (Å²) in [6.45, 7) is 4.96. The Hall–Kier alpha value is -2.90. The number of imide groups is 1. The molecular formula is C19H24N4O4. The lowest BCUT2D eigenvalue weighted by Crippen LogP contribution is -2.53. The molecule has 2 heterocycles. The Morgan fingerprint density at radius 2 is 1.85 bits per heavy atom. The van der Waals surface area contributed by atoms with Crippen molar-refractivity contribution in [3.05, 3.63) is 29.8 Å². The lowest BCUT2D eigenvalue weighted by Gasteiger charge is -2.34. The van der Waals surface area contributed by atoms with Crippen LogP contribution in [0.2, 0.25) is 0 Å². The third kappa shape index (κ3) is 3.94. The first-order chi connectivity index (χ1) is 12.9. The highest BCUT2D eigenvalue weighted by atomic mass is 16.2. The number of nitrogens with one attached hydrogen (secondary N) is 1. The van der Waals surface area contributed by atoms with Crippen LogP contribution in [-0.4, -0.2) is 65.8 Å². The summed E-state index contributed by atoms with van der Waals surface area (Å²) in [5.41, 5.74) is 1.92. The number of rotatable bonds is 5. The van der Waals surface area contributed by atoms with E-state index in [1.54, 1.807) is 4.90 Å². The van der Waals surface area contributed by atoms with E-state index < -0.39 is 12.1 Å². The first kappa shape index (κ1) is 18.9. The van der Waals surface area contributed by atoms with Gasteiger partial charge in [-0.2, -0.15) is 0 Å². The SMILES string of the molecule is CCCN1C(=O)NC(CC(=O)N2CCN(c3ccc(C)cc3)C(=O)C2)C1=O. The van der Waals surface area contributed by atoms with E-state index in [9.17, 15) is 19.2 Å². The minimum absolute atomic E-state index is 0.0275. The Labute approximate surface area is 158 Å². The van der Waals surface area contributed by atoms with Crippen LogP contribution in [-0.2, 0) is 14.4 Å². The number of anilines is 1. The molecule has 1 atom stereocenters. The Morgan fingerprint density at radius 1 is 1.15 bits per heavy atom. The highest BCUT2D eigenvalue weighted by Gasteiger charge is 2.40. The zero-order valence-electron chi connectivity index (χ0n) is 15.6. The molecule has 8 heteroatoms. The summed E-state index contributed by atoms with van der Waals surface area (Å²) in [6, 6.07) is 6.36. The fourth-order valence-corrected chi connectivity index (χ4v) is 3.34. The van der Waals surface area contributed by atoms with E-state index in [4.69, 9.17) is 0 Å². The summed E-state index contributed by atoms with van der Waals surface area (Å²) in [4.78, 5) is 53.3. The molecule has 0 spiro atoms.